The van der Waals surface area contributed by atoms with Gasteiger partial charge in [-0.05, 0) is 99.5 Å². The number of carbonyl (C=O) groups excluding carboxylic acids is 1. The van der Waals surface area contributed by atoms with Crippen LogP contribution in [0.15, 0.2) is 78.0 Å². The second-order valence-corrected chi connectivity index (χ2v) is 18.9. The van der Waals surface area contributed by atoms with Gasteiger partial charge in [-0.3, -0.25) is 9.48 Å². The van der Waals surface area contributed by atoms with Crippen molar-refractivity contribution in [3.63, 3.8) is 0 Å². The van der Waals surface area contributed by atoms with Gasteiger partial charge in [0.05, 0.1) is 30.0 Å². The molecule has 2 N–H and O–H groups in total. The molecule has 1 amide bonds. The van der Waals surface area contributed by atoms with E-state index < -0.39 is 13.9 Å². The van der Waals surface area contributed by atoms with Crippen molar-refractivity contribution in [1.82, 2.24) is 15.0 Å². The topological polar surface area (TPSA) is 101 Å². The van der Waals surface area contributed by atoms with Crippen LogP contribution in [-0.2, 0) is 21.7 Å². The van der Waals surface area contributed by atoms with Crippen molar-refractivity contribution in [2.45, 2.75) is 89.8 Å². The average Bonchev–Trinajstić information content (AvgIpc) is 3.65. The molecule has 5 atom stereocenters. The summed E-state index contributed by atoms with van der Waals surface area (Å²) in [4.78, 5) is 28.1. The second-order valence-electron chi connectivity index (χ2n) is 13.6. The number of aliphatic hydroxyl groups excluding tert-OH is 1. The van der Waals surface area contributed by atoms with Gasteiger partial charge < -0.3 is 19.5 Å². The fourth-order valence-corrected chi connectivity index (χ4v) is 10.4. The van der Waals surface area contributed by atoms with E-state index in [9.17, 15) is 14.7 Å². The monoisotopic (exact) mass is 754 g/mol. The lowest BCUT2D eigenvalue weighted by molar-refractivity contribution is -0.145. The predicted molar refractivity (Wildman–Crippen MR) is 193 cm³/mol. The third kappa shape index (κ3) is 6.96. The highest BCUT2D eigenvalue weighted by Gasteiger charge is 2.66. The first-order chi connectivity index (χ1) is 21.9. The van der Waals surface area contributed by atoms with Gasteiger partial charge in [0, 0.05) is 39.9 Å². The van der Waals surface area contributed by atoms with Gasteiger partial charge >= 0.3 is 0 Å². The zero-order chi connectivity index (χ0) is 33.2. The summed E-state index contributed by atoms with van der Waals surface area (Å²) < 4.78 is 9.83. The largest absolute Gasteiger partial charge is 0.432 e. The Morgan fingerprint density at radius 3 is 2.57 bits per heavy atom. The molecule has 0 aliphatic carbocycles. The molecule has 2 aliphatic heterocycles. The van der Waals surface area contributed by atoms with Crippen LogP contribution in [0.4, 0.5) is 5.69 Å². The van der Waals surface area contributed by atoms with Gasteiger partial charge in [-0.15, -0.1) is 5.10 Å². The third-order valence-corrected chi connectivity index (χ3v) is 12.8. The number of anilines is 1. The van der Waals surface area contributed by atoms with Crippen LogP contribution in [0.1, 0.15) is 69.7 Å². The number of ether oxygens (including phenoxy) is 1. The van der Waals surface area contributed by atoms with Crippen molar-refractivity contribution in [3.05, 3.63) is 98.4 Å². The smallest absolute Gasteiger partial charge is 0.264 e. The Bertz CT molecular complexity index is 1600. The molecule has 3 heterocycles. The standard InChI is InChI=1S/C36H47IN4O4Si/c1-24(2)11-10-12-25(3)17-20-41-32-16-15-28(37)21-30(32)36(35(41)43)26(4)34(46(5,6)44)33(45-36)18-19-40-22-31(38-39-40)29(23-42)27-13-8-7-9-14-27/h7-9,11,13-17,21-22,26,29,33-34,42,44H,10,12,18-20,23H2,1-6H3/b25-17+/t26-,29?,33+,34-,36+/m0/s1. The highest BCUT2D eigenvalue weighted by atomic mass is 127. The number of nitrogens with zero attached hydrogens (tertiary/aromatic N) is 4. The summed E-state index contributed by atoms with van der Waals surface area (Å²) in [5.74, 6) is -0.527. The minimum absolute atomic E-state index is 0.0483. The summed E-state index contributed by atoms with van der Waals surface area (Å²) in [6.07, 6.45) is 8.45. The molecule has 5 rings (SSSR count). The molecule has 3 aromatic rings. The third-order valence-electron chi connectivity index (χ3n) is 9.60. The highest BCUT2D eigenvalue weighted by molar-refractivity contribution is 14.1. The van der Waals surface area contributed by atoms with Gasteiger partial charge in [-0.2, -0.15) is 0 Å². The molecular weight excluding hydrogens is 707 g/mol. The highest BCUT2D eigenvalue weighted by Crippen LogP contribution is 2.59. The van der Waals surface area contributed by atoms with Crippen LogP contribution >= 0.6 is 22.6 Å². The average molecular weight is 755 g/mol. The van der Waals surface area contributed by atoms with E-state index in [1.54, 1.807) is 4.68 Å². The molecule has 0 bridgehead atoms. The van der Waals surface area contributed by atoms with Crippen molar-refractivity contribution in [1.29, 1.82) is 0 Å². The maximum absolute atomic E-state index is 14.6. The Hall–Kier alpha value is -2.64. The van der Waals surface area contributed by atoms with E-state index in [1.807, 2.05) is 66.7 Å². The lowest BCUT2D eigenvalue weighted by Gasteiger charge is -2.32. The SMILES string of the molecule is CC(C)=CCC/C(C)=C/CN1C(=O)[C@]2(O[C@H](CCn3cc(C(CO)c4ccccc4)nn3)[C@@H]([Si](C)(C)O)[C@@H]2C)c2cc(I)ccc21. The summed E-state index contributed by atoms with van der Waals surface area (Å²) in [5.41, 5.74) is 4.71. The quantitative estimate of drug-likeness (QED) is 0.118. The van der Waals surface area contributed by atoms with E-state index in [0.717, 1.165) is 33.2 Å². The maximum Gasteiger partial charge on any atom is 0.264 e. The zero-order valence-electron chi connectivity index (χ0n) is 27.8. The van der Waals surface area contributed by atoms with Crippen molar-refractivity contribution < 1.29 is 19.4 Å². The molecule has 246 valence electrons. The number of aliphatic hydroxyl groups is 1. The molecule has 1 spiro atoms. The number of amides is 1. The van der Waals surface area contributed by atoms with E-state index >= 15 is 0 Å². The molecule has 0 saturated carbocycles. The number of aromatic nitrogens is 3. The number of rotatable bonds is 12. The van der Waals surface area contributed by atoms with Crippen LogP contribution in [0.3, 0.4) is 0 Å². The number of fused-ring (bicyclic) bond motifs is 2. The lowest BCUT2D eigenvalue weighted by Crippen LogP contribution is -2.46. The van der Waals surface area contributed by atoms with E-state index in [4.69, 9.17) is 4.74 Å². The van der Waals surface area contributed by atoms with Crippen LogP contribution in [0.2, 0.25) is 18.6 Å². The van der Waals surface area contributed by atoms with E-state index in [1.165, 1.54) is 11.1 Å². The first kappa shape index (κ1) is 34.7. The van der Waals surface area contributed by atoms with Crippen molar-refractivity contribution in [2.24, 2.45) is 5.92 Å². The Morgan fingerprint density at radius 1 is 1.15 bits per heavy atom. The summed E-state index contributed by atoms with van der Waals surface area (Å²) >= 11 is 2.30. The molecular formula is C36H47IN4O4Si. The normalized spacial score (nSPS) is 23.7. The number of aryl methyl sites for hydroxylation is 1. The lowest BCUT2D eigenvalue weighted by atomic mass is 9.82. The molecule has 10 heteroatoms. The number of hydrogen-bond acceptors (Lipinski definition) is 6. The Balaban J connectivity index is 1.41. The number of halogens is 1. The fourth-order valence-electron chi connectivity index (χ4n) is 7.34. The number of benzene rings is 2. The summed E-state index contributed by atoms with van der Waals surface area (Å²) in [7, 11) is -2.79. The molecule has 8 nitrogen and oxygen atoms in total. The number of carbonyl (C=O) groups is 1. The summed E-state index contributed by atoms with van der Waals surface area (Å²) in [5, 5.41) is 18.9. The molecule has 1 saturated heterocycles. The van der Waals surface area contributed by atoms with Crippen LogP contribution < -0.4 is 4.90 Å². The van der Waals surface area contributed by atoms with Crippen molar-refractivity contribution >= 4 is 42.5 Å². The van der Waals surface area contributed by atoms with Gasteiger partial charge in [-0.25, -0.2) is 0 Å². The van der Waals surface area contributed by atoms with E-state index in [2.05, 4.69) is 78.8 Å². The maximum atomic E-state index is 14.6. The van der Waals surface area contributed by atoms with Crippen molar-refractivity contribution in [2.75, 3.05) is 18.1 Å². The van der Waals surface area contributed by atoms with Gasteiger partial charge in [-0.1, -0.05) is 65.8 Å². The Kier molecular flexibility index (Phi) is 10.7. The molecule has 0 radical (unpaired) electrons. The minimum Gasteiger partial charge on any atom is -0.432 e. The van der Waals surface area contributed by atoms with E-state index in [0.29, 0.717) is 25.2 Å². The molecule has 2 aromatic carbocycles. The molecule has 1 fully saturated rings. The summed E-state index contributed by atoms with van der Waals surface area (Å²) in [6, 6.07) is 16.0. The fraction of sp³-hybridized carbons (Fsp3) is 0.472. The van der Waals surface area contributed by atoms with E-state index in [-0.39, 0.29) is 36.0 Å². The van der Waals surface area contributed by atoms with Crippen LogP contribution in [0.25, 0.3) is 0 Å². The van der Waals surface area contributed by atoms with Crippen LogP contribution in [-0.4, -0.2) is 58.4 Å². The molecule has 1 unspecified atom stereocenters. The first-order valence-electron chi connectivity index (χ1n) is 16.2. The second kappa shape index (κ2) is 14.2. The van der Waals surface area contributed by atoms with Gasteiger partial charge in [0.25, 0.3) is 5.91 Å². The Morgan fingerprint density at radius 2 is 1.89 bits per heavy atom. The zero-order valence-corrected chi connectivity index (χ0v) is 30.9. The predicted octanol–water partition coefficient (Wildman–Crippen LogP) is 6.93. The minimum atomic E-state index is -2.79. The van der Waals surface area contributed by atoms with Crippen molar-refractivity contribution in [3.8, 4) is 0 Å². The van der Waals surface area contributed by atoms with Gasteiger partial charge in [0.2, 0.25) is 0 Å². The number of hydrogen-bond donors (Lipinski definition) is 2. The van der Waals surface area contributed by atoms with Crippen LogP contribution in [0, 0.1) is 9.49 Å². The molecule has 1 aromatic heterocycles. The van der Waals surface area contributed by atoms with Crippen LogP contribution in [0.5, 0.6) is 0 Å². The summed E-state index contributed by atoms with van der Waals surface area (Å²) in [6.45, 7) is 13.3. The molecule has 2 aliphatic rings. The van der Waals surface area contributed by atoms with Gasteiger partial charge in [0.1, 0.15) is 0 Å². The van der Waals surface area contributed by atoms with Gasteiger partial charge in [0.15, 0.2) is 13.9 Å². The molecule has 46 heavy (non-hydrogen) atoms. The first-order valence-corrected chi connectivity index (χ1v) is 20.3. The Labute approximate surface area is 287 Å². The number of allylic oxidation sites excluding steroid dienone is 3.